The number of likely N-dealkylation sites (tertiary alicyclic amines) is 1. The topological polar surface area (TPSA) is 147 Å². The zero-order valence-electron chi connectivity index (χ0n) is 33.0. The Kier molecular flexibility index (Phi) is 10.3. The largest absolute Gasteiger partial charge is 0.496 e. The standard InChI is InChI=1S/C43H49N7O7/c1-46(23-34-36(56-3)19-27(20-37(34)57-4)33-24-47(2)40(53)32-22-44-14-11-29(32)33)15-5-6-16-48-25-43(26-48)12-17-49(18-13-43)28-7-8-30-31(21-28)42(55)50(41(30)54)35-9-10-38(51)45-39(35)52/h7-8,11,14,19-22,24,35H,5-6,9-10,12-13,15-18,23,25-26H2,1-4H3,(H,45,51,52). The lowest BCUT2D eigenvalue weighted by molar-refractivity contribution is -0.136. The number of nitrogens with zero attached hydrogens (tertiary/aromatic N) is 6. The summed E-state index contributed by atoms with van der Waals surface area (Å²) in [5, 5.41) is 3.64. The SMILES string of the molecule is COc1cc(-c2cn(C)c(=O)c3cnccc23)cc(OC)c1CN(C)CCCCN1CC2(CCN(c3ccc4c(c3)C(=O)N(C3CCC(=O)NC3=O)C4=O)CC2)C1. The molecule has 3 fully saturated rings. The molecule has 57 heavy (non-hydrogen) atoms. The zero-order valence-corrected chi connectivity index (χ0v) is 33.0. The van der Waals surface area contributed by atoms with E-state index >= 15 is 0 Å². The van der Waals surface area contributed by atoms with Crippen LogP contribution in [0.5, 0.6) is 11.5 Å². The van der Waals surface area contributed by atoms with Gasteiger partial charge in [-0.05, 0) is 105 Å². The second-order valence-electron chi connectivity index (χ2n) is 16.1. The van der Waals surface area contributed by atoms with Gasteiger partial charge in [-0.1, -0.05) is 0 Å². The lowest BCUT2D eigenvalue weighted by Crippen LogP contribution is -2.60. The number of carbonyl (C=O) groups is 4. The molecule has 1 spiro atoms. The van der Waals surface area contributed by atoms with Crippen molar-refractivity contribution in [1.82, 2.24) is 29.6 Å². The number of imide groups is 2. The molecule has 14 heteroatoms. The van der Waals surface area contributed by atoms with Crippen LogP contribution in [-0.2, 0) is 23.2 Å². The van der Waals surface area contributed by atoms with Crippen molar-refractivity contribution in [1.29, 1.82) is 0 Å². The van der Waals surface area contributed by atoms with E-state index in [2.05, 4.69) is 32.0 Å². The number of hydrogen-bond donors (Lipinski definition) is 1. The fourth-order valence-electron chi connectivity index (χ4n) is 9.17. The van der Waals surface area contributed by atoms with Crippen molar-refractivity contribution in [2.45, 2.75) is 51.1 Å². The van der Waals surface area contributed by atoms with E-state index in [0.29, 0.717) is 28.5 Å². The Morgan fingerprint density at radius 3 is 2.32 bits per heavy atom. The Morgan fingerprint density at radius 2 is 1.61 bits per heavy atom. The maximum absolute atomic E-state index is 13.3. The molecular weight excluding hydrogens is 727 g/mol. The highest BCUT2D eigenvalue weighted by Crippen LogP contribution is 2.42. The second-order valence-corrected chi connectivity index (χ2v) is 16.1. The average molecular weight is 776 g/mol. The Labute approximate surface area is 331 Å². The van der Waals surface area contributed by atoms with Gasteiger partial charge < -0.3 is 28.7 Å². The molecule has 4 aliphatic rings. The van der Waals surface area contributed by atoms with Gasteiger partial charge in [0.05, 0.1) is 36.3 Å². The molecule has 2 aromatic heterocycles. The summed E-state index contributed by atoms with van der Waals surface area (Å²) < 4.78 is 13.4. The smallest absolute Gasteiger partial charge is 0.262 e. The number of anilines is 1. The zero-order chi connectivity index (χ0) is 40.0. The van der Waals surface area contributed by atoms with E-state index in [4.69, 9.17) is 9.47 Å². The third-order valence-electron chi connectivity index (χ3n) is 12.3. The molecule has 1 atom stereocenters. The van der Waals surface area contributed by atoms with E-state index in [0.717, 1.165) is 109 Å². The second kappa shape index (κ2) is 15.4. The molecule has 4 aromatic rings. The van der Waals surface area contributed by atoms with Crippen LogP contribution >= 0.6 is 0 Å². The van der Waals surface area contributed by atoms with Crippen molar-refractivity contribution < 1.29 is 28.7 Å². The number of unbranched alkanes of at least 4 members (excludes halogenated alkanes) is 1. The molecular formula is C43H49N7O7. The third-order valence-corrected chi connectivity index (χ3v) is 12.3. The molecule has 3 saturated heterocycles. The first kappa shape index (κ1) is 38.3. The average Bonchev–Trinajstić information content (AvgIpc) is 3.45. The summed E-state index contributed by atoms with van der Waals surface area (Å²) in [6.45, 7) is 6.61. The van der Waals surface area contributed by atoms with Gasteiger partial charge in [0.25, 0.3) is 17.4 Å². The number of methoxy groups -OCH3 is 2. The van der Waals surface area contributed by atoms with Crippen molar-refractivity contribution >= 4 is 40.1 Å². The van der Waals surface area contributed by atoms with Gasteiger partial charge in [-0.2, -0.15) is 0 Å². The first-order chi connectivity index (χ1) is 27.5. The number of benzene rings is 2. The molecule has 4 aliphatic heterocycles. The van der Waals surface area contributed by atoms with Gasteiger partial charge in [-0.25, -0.2) is 0 Å². The van der Waals surface area contributed by atoms with Crippen LogP contribution in [0.25, 0.3) is 21.9 Å². The van der Waals surface area contributed by atoms with E-state index in [1.54, 1.807) is 50.4 Å². The Morgan fingerprint density at radius 1 is 0.895 bits per heavy atom. The molecule has 6 heterocycles. The summed E-state index contributed by atoms with van der Waals surface area (Å²) in [5.74, 6) is -0.463. The first-order valence-electron chi connectivity index (χ1n) is 19.7. The van der Waals surface area contributed by atoms with Gasteiger partial charge in [0.1, 0.15) is 17.5 Å². The highest BCUT2D eigenvalue weighted by Gasteiger charge is 2.46. The van der Waals surface area contributed by atoms with Gasteiger partial charge in [-0.3, -0.25) is 39.2 Å². The van der Waals surface area contributed by atoms with Crippen LogP contribution in [-0.4, -0.2) is 114 Å². The summed E-state index contributed by atoms with van der Waals surface area (Å²) in [6, 6.07) is 10.3. The number of ether oxygens (including phenoxy) is 2. The number of amides is 4. The summed E-state index contributed by atoms with van der Waals surface area (Å²) in [7, 11) is 7.22. The van der Waals surface area contributed by atoms with E-state index in [9.17, 15) is 24.0 Å². The summed E-state index contributed by atoms with van der Waals surface area (Å²) in [6.07, 6.45) is 9.70. The molecule has 0 radical (unpaired) electrons. The van der Waals surface area contributed by atoms with Gasteiger partial charge in [0.2, 0.25) is 11.8 Å². The van der Waals surface area contributed by atoms with E-state index < -0.39 is 23.8 Å². The van der Waals surface area contributed by atoms with Gasteiger partial charge in [0.15, 0.2) is 0 Å². The number of fused-ring (bicyclic) bond motifs is 2. The highest BCUT2D eigenvalue weighted by molar-refractivity contribution is 6.23. The van der Waals surface area contributed by atoms with Crippen LogP contribution in [0, 0.1) is 5.41 Å². The van der Waals surface area contributed by atoms with Crippen LogP contribution in [0.1, 0.15) is 64.8 Å². The molecule has 4 amide bonds. The quantitative estimate of drug-likeness (QED) is 0.166. The highest BCUT2D eigenvalue weighted by atomic mass is 16.5. The molecule has 0 saturated carbocycles. The van der Waals surface area contributed by atoms with Crippen LogP contribution in [0.15, 0.2) is 59.8 Å². The number of hydrogen-bond acceptors (Lipinski definition) is 11. The number of rotatable bonds is 12. The summed E-state index contributed by atoms with van der Waals surface area (Å²) in [5.41, 5.74) is 4.55. The predicted octanol–water partition coefficient (Wildman–Crippen LogP) is 3.83. The van der Waals surface area contributed by atoms with Crippen molar-refractivity contribution in [3.63, 3.8) is 0 Å². The van der Waals surface area contributed by atoms with Crippen LogP contribution in [0.4, 0.5) is 5.69 Å². The van der Waals surface area contributed by atoms with Gasteiger partial charge in [0, 0.05) is 76.0 Å². The number of aryl methyl sites for hydroxylation is 1. The van der Waals surface area contributed by atoms with Crippen LogP contribution < -0.4 is 25.2 Å². The minimum Gasteiger partial charge on any atom is -0.496 e. The molecule has 0 aliphatic carbocycles. The van der Waals surface area contributed by atoms with Crippen molar-refractivity contribution in [2.75, 3.05) is 65.4 Å². The number of piperidine rings is 2. The fraction of sp³-hybridized carbons (Fsp3) is 0.442. The normalized spacial score (nSPS) is 19.4. The minimum atomic E-state index is -0.964. The van der Waals surface area contributed by atoms with E-state index in [-0.39, 0.29) is 24.3 Å². The van der Waals surface area contributed by atoms with Gasteiger partial charge in [-0.15, -0.1) is 0 Å². The van der Waals surface area contributed by atoms with Gasteiger partial charge >= 0.3 is 0 Å². The maximum Gasteiger partial charge on any atom is 0.262 e. The molecule has 298 valence electrons. The number of aromatic nitrogens is 2. The Bertz CT molecular complexity index is 2300. The predicted molar refractivity (Wildman–Crippen MR) is 215 cm³/mol. The van der Waals surface area contributed by atoms with E-state index in [1.165, 1.54) is 0 Å². The number of pyridine rings is 2. The minimum absolute atomic E-state index is 0.0918. The summed E-state index contributed by atoms with van der Waals surface area (Å²) in [4.78, 5) is 75.6. The van der Waals surface area contributed by atoms with Crippen molar-refractivity contribution in [3.05, 3.63) is 82.0 Å². The molecule has 1 N–H and O–H groups in total. The first-order valence-corrected chi connectivity index (χ1v) is 19.7. The lowest BCUT2D eigenvalue weighted by atomic mass is 9.72. The van der Waals surface area contributed by atoms with Crippen LogP contribution in [0.2, 0.25) is 0 Å². The number of carbonyl (C=O) groups excluding carboxylic acids is 4. The van der Waals surface area contributed by atoms with E-state index in [1.807, 2.05) is 30.5 Å². The molecule has 8 rings (SSSR count). The fourth-order valence-corrected chi connectivity index (χ4v) is 9.17. The van der Waals surface area contributed by atoms with Crippen molar-refractivity contribution in [3.8, 4) is 22.6 Å². The van der Waals surface area contributed by atoms with Crippen LogP contribution in [0.3, 0.4) is 0 Å². The summed E-state index contributed by atoms with van der Waals surface area (Å²) >= 11 is 0. The van der Waals surface area contributed by atoms with Crippen molar-refractivity contribution in [2.24, 2.45) is 12.5 Å². The lowest BCUT2D eigenvalue weighted by Gasteiger charge is -2.54. The molecule has 2 aromatic carbocycles. The monoisotopic (exact) mass is 775 g/mol. The molecule has 0 bridgehead atoms. The Balaban J connectivity index is 0.808. The Hall–Kier alpha value is -5.60. The maximum atomic E-state index is 13.3. The number of nitrogens with one attached hydrogen (secondary N) is 1. The molecule has 14 nitrogen and oxygen atoms in total. The third kappa shape index (κ3) is 7.16. The molecule has 1 unspecified atom stereocenters.